The molecule has 1 aromatic rings. The van der Waals surface area contributed by atoms with Crippen molar-refractivity contribution in [2.75, 3.05) is 26.3 Å². The molecule has 0 aromatic heterocycles. The number of carbonyl (C=O) groups is 3. The van der Waals surface area contributed by atoms with Crippen LogP contribution >= 0.6 is 0 Å². The molecule has 1 rings (SSSR count). The van der Waals surface area contributed by atoms with E-state index in [0.29, 0.717) is 5.75 Å². The van der Waals surface area contributed by atoms with E-state index >= 15 is 0 Å². The Labute approximate surface area is 133 Å². The summed E-state index contributed by atoms with van der Waals surface area (Å²) >= 11 is 0. The summed E-state index contributed by atoms with van der Waals surface area (Å²) in [6, 6.07) is 8.56. The van der Waals surface area contributed by atoms with Crippen molar-refractivity contribution in [3.05, 3.63) is 43.0 Å². The third-order valence-electron chi connectivity index (χ3n) is 2.34. The van der Waals surface area contributed by atoms with Gasteiger partial charge in [0, 0.05) is 6.08 Å². The number of carbonyl (C=O) groups excluding carboxylic acids is 3. The number of esters is 1. The standard InChI is InChI=1S/C15H18N2O6/c1-2-13(18)21-10-8-16-14(19)22-11-9-17-15(20)23-12-6-4-3-5-7-12/h2-7H,1,8-11H2,(H,16,19)(H,17,20). The first-order valence-electron chi connectivity index (χ1n) is 6.82. The molecule has 2 N–H and O–H groups in total. The van der Waals surface area contributed by atoms with Crippen molar-refractivity contribution in [2.45, 2.75) is 0 Å². The van der Waals surface area contributed by atoms with Crippen molar-refractivity contribution in [3.8, 4) is 5.75 Å². The van der Waals surface area contributed by atoms with E-state index in [1.165, 1.54) is 0 Å². The second-order valence-corrected chi connectivity index (χ2v) is 4.06. The first kappa shape index (κ1) is 18.0. The first-order valence-corrected chi connectivity index (χ1v) is 6.82. The molecule has 8 nitrogen and oxygen atoms in total. The van der Waals surface area contributed by atoms with Crippen LogP contribution in [0.5, 0.6) is 5.75 Å². The first-order chi connectivity index (χ1) is 11.1. The predicted molar refractivity (Wildman–Crippen MR) is 81.0 cm³/mol. The molecule has 23 heavy (non-hydrogen) atoms. The third-order valence-corrected chi connectivity index (χ3v) is 2.34. The molecule has 0 fully saturated rings. The summed E-state index contributed by atoms with van der Waals surface area (Å²) in [4.78, 5) is 33.4. The van der Waals surface area contributed by atoms with E-state index in [9.17, 15) is 14.4 Å². The minimum Gasteiger partial charge on any atom is -0.461 e. The van der Waals surface area contributed by atoms with Gasteiger partial charge >= 0.3 is 18.2 Å². The highest BCUT2D eigenvalue weighted by Gasteiger charge is 2.05. The minimum absolute atomic E-state index is 0.0155. The van der Waals surface area contributed by atoms with Gasteiger partial charge in [-0.25, -0.2) is 14.4 Å². The molecule has 0 aliphatic carbocycles. The Morgan fingerprint density at radius 1 is 0.957 bits per heavy atom. The molecule has 0 aliphatic heterocycles. The van der Waals surface area contributed by atoms with Gasteiger partial charge in [0.05, 0.1) is 13.1 Å². The van der Waals surface area contributed by atoms with E-state index in [4.69, 9.17) is 9.47 Å². The van der Waals surface area contributed by atoms with Crippen molar-refractivity contribution in [1.82, 2.24) is 10.6 Å². The molecule has 0 radical (unpaired) electrons. The number of rotatable bonds is 8. The number of hydrogen-bond acceptors (Lipinski definition) is 6. The fourth-order valence-electron chi connectivity index (χ4n) is 1.34. The van der Waals surface area contributed by atoms with Gasteiger partial charge in [0.1, 0.15) is 19.0 Å². The van der Waals surface area contributed by atoms with Gasteiger partial charge < -0.3 is 24.8 Å². The molecule has 2 amide bonds. The molecule has 0 aliphatic rings. The van der Waals surface area contributed by atoms with Crippen LogP contribution in [-0.2, 0) is 14.3 Å². The van der Waals surface area contributed by atoms with E-state index < -0.39 is 18.2 Å². The number of nitrogens with one attached hydrogen (secondary N) is 2. The number of benzene rings is 1. The molecule has 0 saturated heterocycles. The van der Waals surface area contributed by atoms with Crippen LogP contribution in [0.1, 0.15) is 0 Å². The fourth-order valence-corrected chi connectivity index (χ4v) is 1.34. The van der Waals surface area contributed by atoms with Gasteiger partial charge in [0.25, 0.3) is 0 Å². The lowest BCUT2D eigenvalue weighted by Gasteiger charge is -2.08. The molecular weight excluding hydrogens is 304 g/mol. The van der Waals surface area contributed by atoms with Gasteiger partial charge in [0.15, 0.2) is 0 Å². The van der Waals surface area contributed by atoms with Gasteiger partial charge in [-0.2, -0.15) is 0 Å². The van der Waals surface area contributed by atoms with Crippen LogP contribution in [0.3, 0.4) is 0 Å². The average Bonchev–Trinajstić information content (AvgIpc) is 2.56. The zero-order chi connectivity index (χ0) is 16.9. The van der Waals surface area contributed by atoms with E-state index in [1.807, 2.05) is 0 Å². The van der Waals surface area contributed by atoms with Crippen molar-refractivity contribution in [3.63, 3.8) is 0 Å². The largest absolute Gasteiger partial charge is 0.461 e. The van der Waals surface area contributed by atoms with Crippen LogP contribution in [0.25, 0.3) is 0 Å². The lowest BCUT2D eigenvalue weighted by molar-refractivity contribution is -0.137. The maximum Gasteiger partial charge on any atom is 0.412 e. The van der Waals surface area contributed by atoms with Crippen LogP contribution in [-0.4, -0.2) is 44.5 Å². The molecule has 0 atom stereocenters. The smallest absolute Gasteiger partial charge is 0.412 e. The Balaban J connectivity index is 2.03. The summed E-state index contributed by atoms with van der Waals surface area (Å²) in [6.07, 6.45) is -0.298. The molecule has 0 spiro atoms. The van der Waals surface area contributed by atoms with Crippen LogP contribution in [0, 0.1) is 0 Å². The van der Waals surface area contributed by atoms with Crippen LogP contribution in [0.4, 0.5) is 9.59 Å². The third kappa shape index (κ3) is 8.76. The monoisotopic (exact) mass is 322 g/mol. The molecule has 8 heteroatoms. The van der Waals surface area contributed by atoms with E-state index in [1.54, 1.807) is 30.3 Å². The lowest BCUT2D eigenvalue weighted by Crippen LogP contribution is -2.33. The SMILES string of the molecule is C=CC(=O)OCCNC(=O)OCCNC(=O)Oc1ccccc1. The zero-order valence-corrected chi connectivity index (χ0v) is 12.4. The fraction of sp³-hybridized carbons (Fsp3) is 0.267. The summed E-state index contributed by atoms with van der Waals surface area (Å²) in [6.45, 7) is 3.44. The van der Waals surface area contributed by atoms with Crippen LogP contribution < -0.4 is 15.4 Å². The normalized spacial score (nSPS) is 9.39. The number of ether oxygens (including phenoxy) is 3. The number of alkyl carbamates (subject to hydrolysis) is 1. The van der Waals surface area contributed by atoms with E-state index in [0.717, 1.165) is 6.08 Å². The molecule has 1 aromatic carbocycles. The second-order valence-electron chi connectivity index (χ2n) is 4.06. The highest BCUT2D eigenvalue weighted by molar-refractivity contribution is 5.81. The highest BCUT2D eigenvalue weighted by Crippen LogP contribution is 2.07. The van der Waals surface area contributed by atoms with Gasteiger partial charge in [-0.05, 0) is 12.1 Å². The average molecular weight is 322 g/mol. The second kappa shape index (κ2) is 10.7. The highest BCUT2D eigenvalue weighted by atomic mass is 16.6. The maximum atomic E-state index is 11.4. The van der Waals surface area contributed by atoms with Gasteiger partial charge in [-0.1, -0.05) is 24.8 Å². The summed E-state index contributed by atoms with van der Waals surface area (Å²) < 4.78 is 14.4. The van der Waals surface area contributed by atoms with Crippen LogP contribution in [0.2, 0.25) is 0 Å². The quantitative estimate of drug-likeness (QED) is 0.424. The van der Waals surface area contributed by atoms with Gasteiger partial charge in [-0.3, -0.25) is 0 Å². The summed E-state index contributed by atoms with van der Waals surface area (Å²) in [5, 5.41) is 4.80. The minimum atomic E-state index is -0.683. The molecule has 0 saturated carbocycles. The van der Waals surface area contributed by atoms with Gasteiger partial charge in [-0.15, -0.1) is 0 Å². The van der Waals surface area contributed by atoms with Crippen molar-refractivity contribution < 1.29 is 28.6 Å². The van der Waals surface area contributed by atoms with E-state index in [2.05, 4.69) is 21.9 Å². The van der Waals surface area contributed by atoms with Crippen molar-refractivity contribution >= 4 is 18.2 Å². The molecular formula is C15H18N2O6. The Morgan fingerprint density at radius 2 is 1.57 bits per heavy atom. The summed E-state index contributed by atoms with van der Waals surface area (Å²) in [5.74, 6) is -0.154. The summed E-state index contributed by atoms with van der Waals surface area (Å²) in [5.41, 5.74) is 0. The van der Waals surface area contributed by atoms with Crippen molar-refractivity contribution in [1.29, 1.82) is 0 Å². The molecule has 0 unspecified atom stereocenters. The predicted octanol–water partition coefficient (Wildman–Crippen LogP) is 1.23. The Morgan fingerprint density at radius 3 is 2.22 bits per heavy atom. The lowest BCUT2D eigenvalue weighted by atomic mass is 10.3. The molecule has 124 valence electrons. The zero-order valence-electron chi connectivity index (χ0n) is 12.4. The number of amides is 2. The topological polar surface area (TPSA) is 103 Å². The Hall–Kier alpha value is -3.03. The number of hydrogen-bond donors (Lipinski definition) is 2. The molecule has 0 heterocycles. The molecule has 0 bridgehead atoms. The maximum absolute atomic E-state index is 11.4. The Bertz CT molecular complexity index is 532. The van der Waals surface area contributed by atoms with Crippen LogP contribution in [0.15, 0.2) is 43.0 Å². The Kier molecular flexibility index (Phi) is 8.35. The van der Waals surface area contributed by atoms with Gasteiger partial charge in [0.2, 0.25) is 0 Å². The summed E-state index contributed by atoms with van der Waals surface area (Å²) in [7, 11) is 0. The van der Waals surface area contributed by atoms with E-state index in [-0.39, 0.29) is 26.3 Å². The van der Waals surface area contributed by atoms with Crippen molar-refractivity contribution in [2.24, 2.45) is 0 Å². The number of para-hydroxylation sites is 1.